The van der Waals surface area contributed by atoms with Gasteiger partial charge in [-0.15, -0.1) is 6.58 Å². The molecule has 1 nitrogen and oxygen atoms in total. The third-order valence-corrected chi connectivity index (χ3v) is 3.76. The first-order chi connectivity index (χ1) is 7.17. The maximum atomic E-state index is 4.05. The fraction of sp³-hybridized carbons (Fsp3) is 0.857. The van der Waals surface area contributed by atoms with E-state index in [0.29, 0.717) is 6.04 Å². The second-order valence-corrected chi connectivity index (χ2v) is 5.17. The van der Waals surface area contributed by atoms with Gasteiger partial charge in [-0.05, 0) is 44.6 Å². The predicted molar refractivity (Wildman–Crippen MR) is 68.0 cm³/mol. The molecule has 1 aliphatic rings. The van der Waals surface area contributed by atoms with E-state index >= 15 is 0 Å². The topological polar surface area (TPSA) is 12.0 Å². The lowest BCUT2D eigenvalue weighted by Crippen LogP contribution is -2.35. The van der Waals surface area contributed by atoms with E-state index in [-0.39, 0.29) is 0 Å². The monoisotopic (exact) mass is 209 g/mol. The van der Waals surface area contributed by atoms with Crippen molar-refractivity contribution in [2.45, 2.75) is 58.9 Å². The summed E-state index contributed by atoms with van der Waals surface area (Å²) < 4.78 is 0. The van der Waals surface area contributed by atoms with Crippen LogP contribution < -0.4 is 5.32 Å². The van der Waals surface area contributed by atoms with Gasteiger partial charge in [0.1, 0.15) is 0 Å². The molecule has 1 N–H and O–H groups in total. The van der Waals surface area contributed by atoms with Crippen molar-refractivity contribution >= 4 is 0 Å². The van der Waals surface area contributed by atoms with Crippen LogP contribution in [0.5, 0.6) is 0 Å². The van der Waals surface area contributed by atoms with Gasteiger partial charge >= 0.3 is 0 Å². The summed E-state index contributed by atoms with van der Waals surface area (Å²) >= 11 is 0. The van der Waals surface area contributed by atoms with Crippen molar-refractivity contribution in [1.29, 1.82) is 0 Å². The molecule has 1 aliphatic carbocycles. The maximum Gasteiger partial charge on any atom is 0.0132 e. The van der Waals surface area contributed by atoms with Crippen molar-refractivity contribution in [2.24, 2.45) is 11.8 Å². The predicted octanol–water partition coefficient (Wildman–Crippen LogP) is 3.76. The Morgan fingerprint density at radius 3 is 2.60 bits per heavy atom. The Bertz CT molecular complexity index is 198. The summed E-state index contributed by atoms with van der Waals surface area (Å²) in [6.07, 6.45) is 6.82. The molecular formula is C14H27N. The van der Waals surface area contributed by atoms with E-state index in [1.807, 2.05) is 0 Å². The molecule has 15 heavy (non-hydrogen) atoms. The Morgan fingerprint density at radius 1 is 1.40 bits per heavy atom. The molecule has 1 rings (SSSR count). The van der Waals surface area contributed by atoms with E-state index in [0.717, 1.165) is 24.8 Å². The van der Waals surface area contributed by atoms with Gasteiger partial charge in [0.05, 0.1) is 0 Å². The Kier molecular flexibility index (Phi) is 5.38. The average Bonchev–Trinajstić information content (AvgIpc) is 2.64. The molecule has 1 saturated carbocycles. The van der Waals surface area contributed by atoms with Crippen LogP contribution in [0.15, 0.2) is 12.2 Å². The summed E-state index contributed by atoms with van der Waals surface area (Å²) in [4.78, 5) is 0. The van der Waals surface area contributed by atoms with Crippen LogP contribution in [-0.2, 0) is 0 Å². The smallest absolute Gasteiger partial charge is 0.0132 e. The van der Waals surface area contributed by atoms with E-state index in [9.17, 15) is 0 Å². The zero-order chi connectivity index (χ0) is 11.3. The first-order valence-electron chi connectivity index (χ1n) is 6.55. The van der Waals surface area contributed by atoms with Gasteiger partial charge in [0.15, 0.2) is 0 Å². The molecule has 0 radical (unpaired) electrons. The molecule has 1 fully saturated rings. The Morgan fingerprint density at radius 2 is 2.13 bits per heavy atom. The number of hydrogen-bond donors (Lipinski definition) is 1. The standard InChI is InChI=1S/C14H27N/c1-5-12-7-8-13(10-12)14(15-6-2)9-11(3)4/h12-15H,3,5-10H2,1-2,4H3. The van der Waals surface area contributed by atoms with Crippen molar-refractivity contribution in [1.82, 2.24) is 5.32 Å². The van der Waals surface area contributed by atoms with Crippen LogP contribution in [0.1, 0.15) is 52.9 Å². The quantitative estimate of drug-likeness (QED) is 0.657. The van der Waals surface area contributed by atoms with E-state index in [4.69, 9.17) is 0 Å². The van der Waals surface area contributed by atoms with Gasteiger partial charge in [0.25, 0.3) is 0 Å². The van der Waals surface area contributed by atoms with E-state index < -0.39 is 0 Å². The van der Waals surface area contributed by atoms with Crippen LogP contribution in [0.2, 0.25) is 0 Å². The van der Waals surface area contributed by atoms with Crippen LogP contribution >= 0.6 is 0 Å². The van der Waals surface area contributed by atoms with Crippen LogP contribution in [0.3, 0.4) is 0 Å². The van der Waals surface area contributed by atoms with Gasteiger partial charge in [0.2, 0.25) is 0 Å². The molecule has 88 valence electrons. The van der Waals surface area contributed by atoms with Gasteiger partial charge in [-0.3, -0.25) is 0 Å². The Hall–Kier alpha value is -0.300. The molecule has 3 atom stereocenters. The van der Waals surface area contributed by atoms with Gasteiger partial charge < -0.3 is 5.32 Å². The molecule has 0 heterocycles. The fourth-order valence-electron chi connectivity index (χ4n) is 2.89. The van der Waals surface area contributed by atoms with Crippen molar-refractivity contribution in [3.05, 3.63) is 12.2 Å². The highest BCUT2D eigenvalue weighted by molar-refractivity contribution is 4.96. The zero-order valence-electron chi connectivity index (χ0n) is 10.7. The molecule has 0 spiro atoms. The molecule has 0 bridgehead atoms. The molecular weight excluding hydrogens is 182 g/mol. The van der Waals surface area contributed by atoms with Crippen LogP contribution in [0.25, 0.3) is 0 Å². The van der Waals surface area contributed by atoms with Crippen molar-refractivity contribution < 1.29 is 0 Å². The molecule has 0 aromatic carbocycles. The van der Waals surface area contributed by atoms with Crippen LogP contribution in [-0.4, -0.2) is 12.6 Å². The van der Waals surface area contributed by atoms with E-state index in [1.165, 1.54) is 31.3 Å². The largest absolute Gasteiger partial charge is 0.314 e. The molecule has 0 aromatic rings. The van der Waals surface area contributed by atoms with Crippen molar-refractivity contribution in [2.75, 3.05) is 6.54 Å². The third kappa shape index (κ3) is 3.98. The van der Waals surface area contributed by atoms with Crippen LogP contribution in [0, 0.1) is 11.8 Å². The lowest BCUT2D eigenvalue weighted by atomic mass is 9.91. The third-order valence-electron chi connectivity index (χ3n) is 3.76. The molecule has 0 amide bonds. The fourth-order valence-corrected chi connectivity index (χ4v) is 2.89. The minimum Gasteiger partial charge on any atom is -0.314 e. The first-order valence-corrected chi connectivity index (χ1v) is 6.55. The normalized spacial score (nSPS) is 27.9. The van der Waals surface area contributed by atoms with Crippen molar-refractivity contribution in [3.63, 3.8) is 0 Å². The van der Waals surface area contributed by atoms with E-state index in [1.54, 1.807) is 0 Å². The molecule has 1 heteroatoms. The minimum absolute atomic E-state index is 0.684. The first kappa shape index (κ1) is 12.8. The lowest BCUT2D eigenvalue weighted by molar-refractivity contribution is 0.348. The highest BCUT2D eigenvalue weighted by Gasteiger charge is 2.29. The average molecular weight is 209 g/mol. The SMILES string of the molecule is C=C(C)CC(NCC)C1CCC(CC)C1. The van der Waals surface area contributed by atoms with Crippen LogP contribution in [0.4, 0.5) is 0 Å². The van der Waals surface area contributed by atoms with Gasteiger partial charge in [-0.25, -0.2) is 0 Å². The second kappa shape index (κ2) is 6.32. The summed E-state index contributed by atoms with van der Waals surface area (Å²) in [6, 6.07) is 0.684. The summed E-state index contributed by atoms with van der Waals surface area (Å²) in [5.74, 6) is 1.88. The summed E-state index contributed by atoms with van der Waals surface area (Å²) in [6.45, 7) is 11.8. The summed E-state index contributed by atoms with van der Waals surface area (Å²) in [7, 11) is 0. The molecule has 0 aromatic heterocycles. The lowest BCUT2D eigenvalue weighted by Gasteiger charge is -2.24. The maximum absolute atomic E-state index is 4.05. The number of nitrogens with one attached hydrogen (secondary N) is 1. The zero-order valence-corrected chi connectivity index (χ0v) is 10.7. The van der Waals surface area contributed by atoms with Gasteiger partial charge in [-0.2, -0.15) is 0 Å². The summed E-state index contributed by atoms with van der Waals surface area (Å²) in [5.41, 5.74) is 1.32. The minimum atomic E-state index is 0.684. The second-order valence-electron chi connectivity index (χ2n) is 5.17. The molecule has 3 unspecified atom stereocenters. The number of hydrogen-bond acceptors (Lipinski definition) is 1. The molecule has 0 aliphatic heterocycles. The highest BCUT2D eigenvalue weighted by atomic mass is 14.9. The highest BCUT2D eigenvalue weighted by Crippen LogP contribution is 2.36. The summed E-state index contributed by atoms with van der Waals surface area (Å²) in [5, 5.41) is 3.64. The Labute approximate surface area is 95.3 Å². The number of rotatable bonds is 6. The van der Waals surface area contributed by atoms with E-state index in [2.05, 4.69) is 32.7 Å². The van der Waals surface area contributed by atoms with Gasteiger partial charge in [-0.1, -0.05) is 32.3 Å². The van der Waals surface area contributed by atoms with Crippen molar-refractivity contribution in [3.8, 4) is 0 Å². The van der Waals surface area contributed by atoms with Gasteiger partial charge in [0, 0.05) is 6.04 Å². The Balaban J connectivity index is 2.45. The molecule has 0 saturated heterocycles.